The van der Waals surface area contributed by atoms with Crippen LogP contribution in [0.15, 0.2) is 17.6 Å². The monoisotopic (exact) mass is 236 g/mol. The van der Waals surface area contributed by atoms with Gasteiger partial charge < -0.3 is 5.32 Å². The molecule has 16 heavy (non-hydrogen) atoms. The molecule has 0 aromatic carbocycles. The summed E-state index contributed by atoms with van der Waals surface area (Å²) in [7, 11) is 0. The summed E-state index contributed by atoms with van der Waals surface area (Å²) in [6.07, 6.45) is 1.77. The number of aromatic nitrogens is 3. The highest BCUT2D eigenvalue weighted by molar-refractivity contribution is 7.09. The third-order valence-corrected chi connectivity index (χ3v) is 3.58. The van der Waals surface area contributed by atoms with Crippen molar-refractivity contribution in [1.82, 2.24) is 20.5 Å². The molecule has 4 nitrogen and oxygen atoms in total. The van der Waals surface area contributed by atoms with E-state index in [0.717, 1.165) is 24.5 Å². The van der Waals surface area contributed by atoms with Crippen molar-refractivity contribution in [3.63, 3.8) is 0 Å². The van der Waals surface area contributed by atoms with Crippen LogP contribution in [-0.4, -0.2) is 21.7 Å². The minimum Gasteiger partial charge on any atom is -0.310 e. The van der Waals surface area contributed by atoms with Gasteiger partial charge in [-0.25, -0.2) is 4.98 Å². The predicted molar refractivity (Wildman–Crippen MR) is 65.6 cm³/mol. The Morgan fingerprint density at radius 2 is 2.44 bits per heavy atom. The number of nitrogens with zero attached hydrogens (tertiary/aromatic N) is 2. The number of aryl methyl sites for hydroxylation is 1. The van der Waals surface area contributed by atoms with Crippen molar-refractivity contribution in [2.24, 2.45) is 0 Å². The standard InChI is InChI=1S/C11H16N4S/c1-8(11-14-9(2)7-16-11)5-12-6-10-3-4-13-15-10/h3-4,7-8,12H,5-6H2,1-2H3,(H,13,15). The molecule has 1 atom stereocenters. The minimum absolute atomic E-state index is 0.460. The molecule has 0 saturated heterocycles. The van der Waals surface area contributed by atoms with Crippen molar-refractivity contribution in [3.05, 3.63) is 34.0 Å². The fourth-order valence-corrected chi connectivity index (χ4v) is 2.35. The van der Waals surface area contributed by atoms with Crippen molar-refractivity contribution >= 4 is 11.3 Å². The molecule has 0 aliphatic rings. The van der Waals surface area contributed by atoms with E-state index in [1.54, 1.807) is 17.5 Å². The van der Waals surface area contributed by atoms with Crippen LogP contribution in [0.1, 0.15) is 29.2 Å². The number of hydrogen-bond donors (Lipinski definition) is 2. The van der Waals surface area contributed by atoms with Gasteiger partial charge in [-0.3, -0.25) is 5.10 Å². The van der Waals surface area contributed by atoms with Crippen LogP contribution >= 0.6 is 11.3 Å². The summed E-state index contributed by atoms with van der Waals surface area (Å²) in [4.78, 5) is 4.48. The van der Waals surface area contributed by atoms with E-state index in [2.05, 4.69) is 32.8 Å². The minimum atomic E-state index is 0.460. The second-order valence-corrected chi connectivity index (χ2v) is 4.83. The molecule has 2 heterocycles. The molecule has 2 aromatic heterocycles. The van der Waals surface area contributed by atoms with Gasteiger partial charge in [0.1, 0.15) is 0 Å². The summed E-state index contributed by atoms with van der Waals surface area (Å²) >= 11 is 1.73. The molecule has 0 aliphatic heterocycles. The predicted octanol–water partition coefficient (Wildman–Crippen LogP) is 2.07. The smallest absolute Gasteiger partial charge is 0.0969 e. The van der Waals surface area contributed by atoms with Crippen molar-refractivity contribution < 1.29 is 0 Å². The lowest BCUT2D eigenvalue weighted by atomic mass is 10.2. The van der Waals surface area contributed by atoms with E-state index in [-0.39, 0.29) is 0 Å². The summed E-state index contributed by atoms with van der Waals surface area (Å²) in [5.74, 6) is 0.460. The van der Waals surface area contributed by atoms with E-state index in [1.165, 1.54) is 5.01 Å². The van der Waals surface area contributed by atoms with Gasteiger partial charge in [0.05, 0.1) is 5.01 Å². The van der Waals surface area contributed by atoms with Crippen LogP contribution in [0, 0.1) is 6.92 Å². The van der Waals surface area contributed by atoms with Gasteiger partial charge in [-0.1, -0.05) is 6.92 Å². The van der Waals surface area contributed by atoms with Crippen molar-refractivity contribution in [1.29, 1.82) is 0 Å². The van der Waals surface area contributed by atoms with E-state index in [1.807, 2.05) is 13.0 Å². The third kappa shape index (κ3) is 2.90. The van der Waals surface area contributed by atoms with Gasteiger partial charge in [-0.15, -0.1) is 11.3 Å². The average molecular weight is 236 g/mol. The Bertz CT molecular complexity index is 421. The second-order valence-electron chi connectivity index (χ2n) is 3.94. The molecule has 0 spiro atoms. The Balaban J connectivity index is 1.78. The molecule has 2 N–H and O–H groups in total. The average Bonchev–Trinajstić information content (AvgIpc) is 2.89. The molecule has 0 saturated carbocycles. The topological polar surface area (TPSA) is 53.6 Å². The highest BCUT2D eigenvalue weighted by atomic mass is 32.1. The lowest BCUT2D eigenvalue weighted by Crippen LogP contribution is -2.19. The summed E-state index contributed by atoms with van der Waals surface area (Å²) in [5, 5.41) is 13.5. The summed E-state index contributed by atoms with van der Waals surface area (Å²) < 4.78 is 0. The van der Waals surface area contributed by atoms with Gasteiger partial charge in [-0.05, 0) is 13.0 Å². The Morgan fingerprint density at radius 1 is 1.56 bits per heavy atom. The van der Waals surface area contributed by atoms with Crippen molar-refractivity contribution in [2.45, 2.75) is 26.3 Å². The maximum absolute atomic E-state index is 4.48. The second kappa shape index (κ2) is 5.23. The highest BCUT2D eigenvalue weighted by Crippen LogP contribution is 2.18. The van der Waals surface area contributed by atoms with E-state index >= 15 is 0 Å². The first-order valence-electron chi connectivity index (χ1n) is 5.36. The SMILES string of the molecule is Cc1csc(C(C)CNCc2ccn[nH]2)n1. The van der Waals surface area contributed by atoms with Gasteiger partial charge in [0, 0.05) is 42.0 Å². The molecule has 5 heteroatoms. The normalized spacial score (nSPS) is 12.9. The molecule has 0 amide bonds. The van der Waals surface area contributed by atoms with Crippen LogP contribution in [-0.2, 0) is 6.54 Å². The summed E-state index contributed by atoms with van der Waals surface area (Å²) in [5.41, 5.74) is 2.22. The fraction of sp³-hybridized carbons (Fsp3) is 0.455. The molecule has 2 rings (SSSR count). The van der Waals surface area contributed by atoms with E-state index in [9.17, 15) is 0 Å². The molecule has 2 aromatic rings. The third-order valence-electron chi connectivity index (χ3n) is 2.38. The van der Waals surface area contributed by atoms with E-state index < -0.39 is 0 Å². The maximum atomic E-state index is 4.48. The lowest BCUT2D eigenvalue weighted by molar-refractivity contribution is 0.605. The zero-order valence-electron chi connectivity index (χ0n) is 9.53. The van der Waals surface area contributed by atoms with Gasteiger partial charge >= 0.3 is 0 Å². The highest BCUT2D eigenvalue weighted by Gasteiger charge is 2.08. The van der Waals surface area contributed by atoms with Crippen LogP contribution in [0.25, 0.3) is 0 Å². The number of rotatable bonds is 5. The van der Waals surface area contributed by atoms with Crippen molar-refractivity contribution in [3.8, 4) is 0 Å². The first-order chi connectivity index (χ1) is 7.75. The summed E-state index contributed by atoms with van der Waals surface area (Å²) in [6, 6.07) is 1.98. The number of hydrogen-bond acceptors (Lipinski definition) is 4. The Labute approximate surface area is 99.1 Å². The Hall–Kier alpha value is -1.20. The zero-order valence-corrected chi connectivity index (χ0v) is 10.3. The molecular weight excluding hydrogens is 220 g/mol. The van der Waals surface area contributed by atoms with Crippen LogP contribution in [0.4, 0.5) is 0 Å². The van der Waals surface area contributed by atoms with Crippen LogP contribution < -0.4 is 5.32 Å². The lowest BCUT2D eigenvalue weighted by Gasteiger charge is -2.08. The summed E-state index contributed by atoms with van der Waals surface area (Å²) in [6.45, 7) is 5.99. The van der Waals surface area contributed by atoms with Crippen LogP contribution in [0.3, 0.4) is 0 Å². The number of thiazole rings is 1. The maximum Gasteiger partial charge on any atom is 0.0969 e. The van der Waals surface area contributed by atoms with Gasteiger partial charge in [-0.2, -0.15) is 5.10 Å². The van der Waals surface area contributed by atoms with Gasteiger partial charge in [0.25, 0.3) is 0 Å². The van der Waals surface area contributed by atoms with E-state index in [4.69, 9.17) is 0 Å². The number of H-pyrrole nitrogens is 1. The quantitative estimate of drug-likeness (QED) is 0.835. The van der Waals surface area contributed by atoms with E-state index in [0.29, 0.717) is 5.92 Å². The molecule has 0 aliphatic carbocycles. The molecule has 0 radical (unpaired) electrons. The Morgan fingerprint density at radius 3 is 3.06 bits per heavy atom. The van der Waals surface area contributed by atoms with Gasteiger partial charge in [0.2, 0.25) is 0 Å². The molecule has 1 unspecified atom stereocenters. The molecule has 86 valence electrons. The first-order valence-corrected chi connectivity index (χ1v) is 6.24. The number of aromatic amines is 1. The van der Waals surface area contributed by atoms with Crippen LogP contribution in [0.2, 0.25) is 0 Å². The Kier molecular flexibility index (Phi) is 3.69. The number of nitrogens with one attached hydrogen (secondary N) is 2. The van der Waals surface area contributed by atoms with Crippen molar-refractivity contribution in [2.75, 3.05) is 6.54 Å². The molecule has 0 fully saturated rings. The van der Waals surface area contributed by atoms with Crippen LogP contribution in [0.5, 0.6) is 0 Å². The molecular formula is C11H16N4S. The first kappa shape index (κ1) is 11.3. The van der Waals surface area contributed by atoms with Gasteiger partial charge in [0.15, 0.2) is 0 Å². The fourth-order valence-electron chi connectivity index (χ4n) is 1.49. The largest absolute Gasteiger partial charge is 0.310 e. The zero-order chi connectivity index (χ0) is 11.4. The molecule has 0 bridgehead atoms.